The smallest absolute Gasteiger partial charge is 0.322 e. The van der Waals surface area contributed by atoms with Crippen LogP contribution < -0.4 is 40.1 Å². The summed E-state index contributed by atoms with van der Waals surface area (Å²) in [6, 6.07) is 8.61. The Morgan fingerprint density at radius 3 is 1.41 bits per heavy atom. The molecular weight excluding hydrogens is 933 g/mol. The third kappa shape index (κ3) is 34.7. The van der Waals surface area contributed by atoms with Gasteiger partial charge in [0.2, 0.25) is 0 Å². The third-order valence-corrected chi connectivity index (χ3v) is 8.17. The summed E-state index contributed by atoms with van der Waals surface area (Å²) in [6.07, 6.45) is 6.10. The number of nitrogens with zero attached hydrogens (tertiary/aromatic N) is 1. The van der Waals surface area contributed by atoms with Crippen LogP contribution in [0.3, 0.4) is 0 Å². The van der Waals surface area contributed by atoms with Crippen molar-refractivity contribution >= 4 is 58.7 Å². The molecule has 4 rings (SSSR count). The zero-order valence-corrected chi connectivity index (χ0v) is 38.3. The number of rotatable bonds is 19. The molecule has 2 aromatic carbocycles. The van der Waals surface area contributed by atoms with Crippen molar-refractivity contribution in [3.05, 3.63) is 84.1 Å². The van der Waals surface area contributed by atoms with E-state index in [9.17, 15) is 38.4 Å². The standard InChI is InChI=1S/C11H12N2O2.C9H11NO3.C6H9N3O2.C6H13NO2.C5H9NO4.C3H7NO3.C2H5NO2/c12-9(11(14)15)5-7-6-13-10-4-2-1-3-8(7)10;10-8(9(12)13)5-6-1-3-7(11)4-2-6;7-5(6(10)11)1-4-2-8-3-9-4;1-4(2)3-5(7)6(8)9;6-3(5(9)10)1-2-4(7)8;4-2(1-5)3(6)7;3-1-2(4)5/h1-4,6,9,13H,5,12H2,(H,14,15);1-4,8,11H,5,10H2,(H,12,13);2-3,5H,1,7H2,(H,8,9)(H,10,11);4-5H,3,7H2,1-2H3,(H,8,9);3H,1-2,6H2,(H,7,8)(H,9,10);2,5H,1,4H2,(H,6,7);1,3H2,(H,4,5). The summed E-state index contributed by atoms with van der Waals surface area (Å²) in [7, 11) is 0. The van der Waals surface area contributed by atoms with Crippen LogP contribution in [-0.2, 0) is 57.6 Å². The molecule has 0 bridgehead atoms. The van der Waals surface area contributed by atoms with E-state index >= 15 is 0 Å². The van der Waals surface area contributed by atoms with Crippen LogP contribution in [0.25, 0.3) is 10.9 Å². The first-order chi connectivity index (χ1) is 32.5. The highest BCUT2D eigenvalue weighted by atomic mass is 16.4. The minimum atomic E-state index is -1.18. The highest BCUT2D eigenvalue weighted by Crippen LogP contribution is 2.18. The van der Waals surface area contributed by atoms with E-state index in [1.54, 1.807) is 18.3 Å². The molecule has 0 radical (unpaired) electrons. The molecule has 0 saturated carbocycles. The second-order valence-electron chi connectivity index (χ2n) is 14.7. The highest BCUT2D eigenvalue weighted by Gasteiger charge is 2.16. The summed E-state index contributed by atoms with van der Waals surface area (Å²) in [5.41, 5.74) is 39.1. The fourth-order valence-electron chi connectivity index (χ4n) is 4.41. The van der Waals surface area contributed by atoms with Gasteiger partial charge in [0.05, 0.1) is 19.5 Å². The highest BCUT2D eigenvalue weighted by molar-refractivity contribution is 5.84. The van der Waals surface area contributed by atoms with Gasteiger partial charge in [0.1, 0.15) is 42.0 Å². The van der Waals surface area contributed by atoms with Crippen molar-refractivity contribution in [3.8, 4) is 5.75 Å². The number of hydrogen-bond donors (Lipinski definition) is 19. The number of carboxylic acids is 8. The van der Waals surface area contributed by atoms with Gasteiger partial charge in [-0.2, -0.15) is 0 Å². The Labute approximate surface area is 400 Å². The van der Waals surface area contributed by atoms with Gasteiger partial charge in [-0.05, 0) is 54.5 Å². The summed E-state index contributed by atoms with van der Waals surface area (Å²) in [6.45, 7) is 3.11. The second-order valence-corrected chi connectivity index (χ2v) is 14.7. The van der Waals surface area contributed by atoms with Crippen LogP contribution in [0.1, 0.15) is 49.9 Å². The number of aromatic amines is 2. The molecule has 0 fully saturated rings. The van der Waals surface area contributed by atoms with E-state index in [2.05, 4.69) is 20.7 Å². The molecule has 70 heavy (non-hydrogen) atoms. The first-order valence-electron chi connectivity index (χ1n) is 20.5. The molecular formula is C42H66N10O18. The fourth-order valence-corrected chi connectivity index (χ4v) is 4.41. The molecule has 26 N–H and O–H groups in total. The van der Waals surface area contributed by atoms with Crippen LogP contribution in [-0.4, -0.2) is 163 Å². The lowest BCUT2D eigenvalue weighted by atomic mass is 10.1. The van der Waals surface area contributed by atoms with E-state index in [1.165, 1.54) is 18.5 Å². The molecule has 28 nitrogen and oxygen atoms in total. The molecule has 6 atom stereocenters. The lowest BCUT2D eigenvalue weighted by Crippen LogP contribution is -2.33. The Hall–Kier alpha value is -7.57. The summed E-state index contributed by atoms with van der Waals surface area (Å²) in [5, 5.41) is 83.7. The molecule has 0 spiro atoms. The van der Waals surface area contributed by atoms with Crippen LogP contribution in [0, 0.1) is 5.92 Å². The summed E-state index contributed by atoms with van der Waals surface area (Å²) in [4.78, 5) is 89.7. The number of aliphatic hydroxyl groups excluding tert-OH is 1. The Bertz CT molecular complexity index is 2150. The average Bonchev–Trinajstić information content (AvgIpc) is 3.96. The van der Waals surface area contributed by atoms with Crippen molar-refractivity contribution in [2.45, 2.75) is 88.6 Å². The van der Waals surface area contributed by atoms with Gasteiger partial charge in [0, 0.05) is 48.3 Å². The summed E-state index contributed by atoms with van der Waals surface area (Å²) < 4.78 is 0. The quantitative estimate of drug-likeness (QED) is 0.0481. The zero-order valence-electron chi connectivity index (χ0n) is 38.3. The van der Waals surface area contributed by atoms with E-state index in [0.29, 0.717) is 18.8 Å². The molecule has 0 saturated heterocycles. The number of aromatic nitrogens is 3. The molecule has 28 heteroatoms. The number of aliphatic carboxylic acids is 8. The van der Waals surface area contributed by atoms with Crippen LogP contribution in [0.2, 0.25) is 0 Å². The molecule has 0 amide bonds. The van der Waals surface area contributed by atoms with E-state index in [0.717, 1.165) is 27.7 Å². The minimum Gasteiger partial charge on any atom is -0.508 e. The van der Waals surface area contributed by atoms with E-state index in [1.807, 2.05) is 44.3 Å². The number of nitrogens with two attached hydrogens (primary N) is 7. The number of nitrogens with one attached hydrogen (secondary N) is 2. The Morgan fingerprint density at radius 1 is 0.586 bits per heavy atom. The van der Waals surface area contributed by atoms with E-state index in [4.69, 9.17) is 85.5 Å². The number of phenols is 1. The van der Waals surface area contributed by atoms with Gasteiger partial charge in [-0.15, -0.1) is 0 Å². The lowest BCUT2D eigenvalue weighted by Gasteiger charge is -2.07. The number of imidazole rings is 1. The van der Waals surface area contributed by atoms with Gasteiger partial charge < -0.3 is 101 Å². The molecule has 2 heterocycles. The maximum atomic E-state index is 10.6. The van der Waals surface area contributed by atoms with Crippen molar-refractivity contribution in [1.82, 2.24) is 15.0 Å². The molecule has 392 valence electrons. The predicted molar refractivity (Wildman–Crippen MR) is 250 cm³/mol. The van der Waals surface area contributed by atoms with Crippen LogP contribution in [0.15, 0.2) is 67.3 Å². The van der Waals surface area contributed by atoms with Gasteiger partial charge in [0.25, 0.3) is 0 Å². The number of phenolic OH excluding ortho intramolecular Hbond substituents is 1. The number of carboxylic acid groups (broad SMARTS) is 8. The predicted octanol–water partition coefficient (Wildman–Crippen LogP) is -2.04. The van der Waals surface area contributed by atoms with Crippen LogP contribution >= 0.6 is 0 Å². The maximum absolute atomic E-state index is 10.6. The van der Waals surface area contributed by atoms with E-state index < -0.39 is 90.6 Å². The Balaban J connectivity index is -0.000000766. The van der Waals surface area contributed by atoms with Crippen molar-refractivity contribution in [2.24, 2.45) is 46.1 Å². The topological polar surface area (TPSA) is 565 Å². The number of para-hydroxylation sites is 1. The summed E-state index contributed by atoms with van der Waals surface area (Å²) in [5.74, 6) is -7.73. The van der Waals surface area contributed by atoms with Crippen LogP contribution in [0.4, 0.5) is 0 Å². The lowest BCUT2D eigenvalue weighted by molar-refractivity contribution is -0.141. The van der Waals surface area contributed by atoms with Crippen molar-refractivity contribution in [1.29, 1.82) is 0 Å². The number of fused-ring (bicyclic) bond motifs is 1. The molecule has 2 aromatic heterocycles. The molecule has 4 aromatic rings. The van der Waals surface area contributed by atoms with Gasteiger partial charge >= 0.3 is 47.8 Å². The molecule has 6 unspecified atom stereocenters. The van der Waals surface area contributed by atoms with Crippen molar-refractivity contribution in [3.63, 3.8) is 0 Å². The number of carbonyl (C=O) groups is 8. The zero-order chi connectivity index (χ0) is 54.7. The van der Waals surface area contributed by atoms with Gasteiger partial charge in [-0.25, -0.2) is 4.98 Å². The van der Waals surface area contributed by atoms with Gasteiger partial charge in [-0.3, -0.25) is 38.4 Å². The fraction of sp³-hybridized carbons (Fsp3) is 0.405. The molecule has 0 aliphatic carbocycles. The maximum Gasteiger partial charge on any atom is 0.322 e. The van der Waals surface area contributed by atoms with Gasteiger partial charge in [0.15, 0.2) is 0 Å². The Morgan fingerprint density at radius 2 is 1.04 bits per heavy atom. The SMILES string of the molecule is CC(C)CC(N)C(=O)O.NC(CCC(=O)O)C(=O)O.NC(CO)C(=O)O.NC(Cc1c[nH]c2ccccc12)C(=O)O.NC(Cc1ccc(O)cc1)C(=O)O.NC(Cc1cnc[nH]1)C(=O)O.NCC(=O)O. The molecule has 0 aliphatic heterocycles. The number of H-pyrrole nitrogens is 2. The van der Waals surface area contributed by atoms with Crippen molar-refractivity contribution < 1.29 is 89.4 Å². The number of aliphatic hydroxyl groups is 1. The third-order valence-electron chi connectivity index (χ3n) is 8.17. The average molecular weight is 999 g/mol. The number of benzene rings is 2. The van der Waals surface area contributed by atoms with E-state index in [-0.39, 0.29) is 38.0 Å². The molecule has 0 aliphatic rings. The van der Waals surface area contributed by atoms with Crippen LogP contribution in [0.5, 0.6) is 5.75 Å². The second kappa shape index (κ2) is 37.4. The largest absolute Gasteiger partial charge is 0.508 e. The first-order valence-corrected chi connectivity index (χ1v) is 20.5. The number of hydrogen-bond acceptors (Lipinski definition) is 18. The minimum absolute atomic E-state index is 0.0231. The normalized spacial score (nSPS) is 12.5. The summed E-state index contributed by atoms with van der Waals surface area (Å²) >= 11 is 0. The first kappa shape index (κ1) is 66.7. The van der Waals surface area contributed by atoms with Crippen molar-refractivity contribution in [2.75, 3.05) is 13.2 Å². The Kier molecular flexibility index (Phi) is 35.7. The monoisotopic (exact) mass is 998 g/mol. The van der Waals surface area contributed by atoms with Gasteiger partial charge in [-0.1, -0.05) is 44.2 Å². The number of aromatic hydroxyl groups is 1.